The van der Waals surface area contributed by atoms with Crippen LogP contribution in [-0.2, 0) is 0 Å². The summed E-state index contributed by atoms with van der Waals surface area (Å²) in [6.07, 6.45) is 0. The van der Waals surface area contributed by atoms with Gasteiger partial charge in [0.15, 0.2) is 5.13 Å². The Balaban J connectivity index is 1.80. The Kier molecular flexibility index (Phi) is 4.84. The topological polar surface area (TPSA) is 42.0 Å². The SMILES string of the molecule is O=C(Nc1nc(-c2ccc(Br)s2)cs1)c1cc(Cl)ccc1Cl. The number of hydrogen-bond acceptors (Lipinski definition) is 4. The van der Waals surface area contributed by atoms with Crippen LogP contribution < -0.4 is 5.32 Å². The lowest BCUT2D eigenvalue weighted by atomic mass is 10.2. The Bertz CT molecular complexity index is 847. The molecule has 0 saturated heterocycles. The highest BCUT2D eigenvalue weighted by Gasteiger charge is 2.14. The summed E-state index contributed by atoms with van der Waals surface area (Å²) in [6.45, 7) is 0. The lowest BCUT2D eigenvalue weighted by molar-refractivity contribution is 0.102. The number of carbonyl (C=O) groups is 1. The third-order valence-electron chi connectivity index (χ3n) is 2.72. The number of amides is 1. The molecule has 0 unspecified atom stereocenters. The van der Waals surface area contributed by atoms with E-state index in [2.05, 4.69) is 26.2 Å². The average molecular weight is 434 g/mol. The summed E-state index contributed by atoms with van der Waals surface area (Å²) in [6, 6.07) is 8.70. The maximum Gasteiger partial charge on any atom is 0.259 e. The molecule has 112 valence electrons. The van der Waals surface area contributed by atoms with Crippen molar-refractivity contribution in [2.45, 2.75) is 0 Å². The Labute approximate surface area is 153 Å². The van der Waals surface area contributed by atoms with Crippen molar-refractivity contribution in [1.29, 1.82) is 0 Å². The quantitative estimate of drug-likeness (QED) is 0.534. The monoisotopic (exact) mass is 432 g/mol. The molecule has 3 aromatic rings. The predicted molar refractivity (Wildman–Crippen MR) is 97.5 cm³/mol. The zero-order chi connectivity index (χ0) is 15.7. The minimum atomic E-state index is -0.333. The Morgan fingerprint density at radius 3 is 2.77 bits per heavy atom. The first kappa shape index (κ1) is 16.0. The fraction of sp³-hybridized carbons (Fsp3) is 0. The molecule has 0 bridgehead atoms. The van der Waals surface area contributed by atoms with Gasteiger partial charge in [-0.3, -0.25) is 10.1 Å². The Morgan fingerprint density at radius 2 is 2.05 bits per heavy atom. The van der Waals surface area contributed by atoms with Crippen molar-refractivity contribution in [2.24, 2.45) is 0 Å². The molecule has 3 rings (SSSR count). The molecule has 2 aromatic heterocycles. The molecule has 1 N–H and O–H groups in total. The van der Waals surface area contributed by atoms with E-state index in [0.29, 0.717) is 20.7 Å². The summed E-state index contributed by atoms with van der Waals surface area (Å²) < 4.78 is 1.03. The maximum absolute atomic E-state index is 12.2. The van der Waals surface area contributed by atoms with Crippen LogP contribution in [-0.4, -0.2) is 10.9 Å². The van der Waals surface area contributed by atoms with Crippen LogP contribution in [0.3, 0.4) is 0 Å². The number of benzene rings is 1. The maximum atomic E-state index is 12.2. The van der Waals surface area contributed by atoms with E-state index in [-0.39, 0.29) is 5.91 Å². The van der Waals surface area contributed by atoms with Crippen LogP contribution in [0.15, 0.2) is 39.5 Å². The largest absolute Gasteiger partial charge is 0.298 e. The van der Waals surface area contributed by atoms with E-state index in [1.54, 1.807) is 23.5 Å². The van der Waals surface area contributed by atoms with Crippen molar-refractivity contribution in [3.05, 3.63) is 55.1 Å². The van der Waals surface area contributed by atoms with Gasteiger partial charge in [-0.15, -0.1) is 22.7 Å². The summed E-state index contributed by atoms with van der Waals surface area (Å²) in [4.78, 5) is 17.7. The lowest BCUT2D eigenvalue weighted by Crippen LogP contribution is -2.12. The van der Waals surface area contributed by atoms with E-state index in [1.807, 2.05) is 17.5 Å². The summed E-state index contributed by atoms with van der Waals surface area (Å²) in [5.41, 5.74) is 1.15. The second-order valence-electron chi connectivity index (χ2n) is 4.22. The van der Waals surface area contributed by atoms with Crippen LogP contribution >= 0.6 is 61.8 Å². The highest BCUT2D eigenvalue weighted by atomic mass is 79.9. The number of rotatable bonds is 3. The number of halogens is 3. The van der Waals surface area contributed by atoms with Crippen LogP contribution in [0.25, 0.3) is 10.6 Å². The van der Waals surface area contributed by atoms with Gasteiger partial charge < -0.3 is 0 Å². The summed E-state index contributed by atoms with van der Waals surface area (Å²) in [7, 11) is 0. The summed E-state index contributed by atoms with van der Waals surface area (Å²) >= 11 is 18.3. The van der Waals surface area contributed by atoms with Gasteiger partial charge in [0, 0.05) is 10.4 Å². The molecule has 0 radical (unpaired) electrons. The molecule has 0 saturated carbocycles. The third kappa shape index (κ3) is 3.52. The number of thiazole rings is 1. The minimum absolute atomic E-state index is 0.324. The van der Waals surface area contributed by atoms with Crippen LogP contribution in [0.1, 0.15) is 10.4 Å². The third-order valence-corrected chi connectivity index (χ3v) is 5.69. The van der Waals surface area contributed by atoms with E-state index >= 15 is 0 Å². The lowest BCUT2D eigenvalue weighted by Gasteiger charge is -2.04. The van der Waals surface area contributed by atoms with Crippen molar-refractivity contribution in [3.8, 4) is 10.6 Å². The highest BCUT2D eigenvalue weighted by molar-refractivity contribution is 9.11. The van der Waals surface area contributed by atoms with E-state index in [9.17, 15) is 4.79 Å². The smallest absolute Gasteiger partial charge is 0.259 e. The molecule has 2 heterocycles. The fourth-order valence-electron chi connectivity index (χ4n) is 1.73. The van der Waals surface area contributed by atoms with Gasteiger partial charge in [-0.25, -0.2) is 4.98 Å². The molecular formula is C14H7BrCl2N2OS2. The number of aromatic nitrogens is 1. The van der Waals surface area contributed by atoms with Crippen LogP contribution in [0, 0.1) is 0 Å². The van der Waals surface area contributed by atoms with Crippen LogP contribution in [0.4, 0.5) is 5.13 Å². The predicted octanol–water partition coefficient (Wildman–Crippen LogP) is 6.19. The van der Waals surface area contributed by atoms with Gasteiger partial charge >= 0.3 is 0 Å². The van der Waals surface area contributed by atoms with Crippen molar-refractivity contribution in [3.63, 3.8) is 0 Å². The van der Waals surface area contributed by atoms with Crippen molar-refractivity contribution in [1.82, 2.24) is 4.98 Å². The molecule has 8 heteroatoms. The zero-order valence-corrected chi connectivity index (χ0v) is 15.5. The molecule has 1 aromatic carbocycles. The Morgan fingerprint density at radius 1 is 1.23 bits per heavy atom. The average Bonchev–Trinajstić information content (AvgIpc) is 3.10. The molecule has 0 aliphatic heterocycles. The molecule has 0 fully saturated rings. The minimum Gasteiger partial charge on any atom is -0.298 e. The van der Waals surface area contributed by atoms with Crippen LogP contribution in [0.2, 0.25) is 10.0 Å². The van der Waals surface area contributed by atoms with Gasteiger partial charge in [0.2, 0.25) is 0 Å². The van der Waals surface area contributed by atoms with Crippen molar-refractivity contribution in [2.75, 3.05) is 5.32 Å². The normalized spacial score (nSPS) is 10.7. The van der Waals surface area contributed by atoms with Crippen molar-refractivity contribution < 1.29 is 4.79 Å². The summed E-state index contributed by atoms with van der Waals surface area (Å²) in [5.74, 6) is -0.333. The second-order valence-corrected chi connectivity index (χ2v) is 8.38. The number of nitrogens with zero attached hydrogens (tertiary/aromatic N) is 1. The molecule has 0 aliphatic carbocycles. The molecule has 0 spiro atoms. The van der Waals surface area contributed by atoms with Gasteiger partial charge in [-0.2, -0.15) is 0 Å². The van der Waals surface area contributed by atoms with Gasteiger partial charge in [0.25, 0.3) is 5.91 Å². The van der Waals surface area contributed by atoms with E-state index in [4.69, 9.17) is 23.2 Å². The molecular weight excluding hydrogens is 427 g/mol. The van der Waals surface area contributed by atoms with Crippen LogP contribution in [0.5, 0.6) is 0 Å². The molecule has 0 aliphatic rings. The van der Waals surface area contributed by atoms with Gasteiger partial charge in [-0.05, 0) is 46.3 Å². The number of carbonyl (C=O) groups excluding carboxylic acids is 1. The first-order valence-corrected chi connectivity index (χ1v) is 9.25. The second kappa shape index (κ2) is 6.68. The first-order chi connectivity index (χ1) is 10.5. The van der Waals surface area contributed by atoms with E-state index in [0.717, 1.165) is 14.4 Å². The van der Waals surface area contributed by atoms with E-state index < -0.39 is 0 Å². The van der Waals surface area contributed by atoms with Gasteiger partial charge in [0.05, 0.1) is 24.9 Å². The number of anilines is 1. The molecule has 22 heavy (non-hydrogen) atoms. The molecule has 1 amide bonds. The number of thiophene rings is 1. The number of hydrogen-bond donors (Lipinski definition) is 1. The zero-order valence-electron chi connectivity index (χ0n) is 10.8. The summed E-state index contributed by atoms with van der Waals surface area (Å²) in [5, 5.41) is 5.96. The highest BCUT2D eigenvalue weighted by Crippen LogP contribution is 2.33. The standard InChI is InChI=1S/C14H7BrCl2N2OS2/c15-12-4-3-11(22-12)10-6-21-14(18-10)19-13(20)8-5-7(16)1-2-9(8)17/h1-6H,(H,18,19,20). The molecule has 3 nitrogen and oxygen atoms in total. The Hall–Kier alpha value is -0.920. The fourth-order valence-corrected chi connectivity index (χ4v) is 4.23. The van der Waals surface area contributed by atoms with Gasteiger partial charge in [0.1, 0.15) is 0 Å². The number of nitrogens with one attached hydrogen (secondary N) is 1. The van der Waals surface area contributed by atoms with Gasteiger partial charge in [-0.1, -0.05) is 23.2 Å². The first-order valence-electron chi connectivity index (χ1n) is 6.00. The van der Waals surface area contributed by atoms with E-state index in [1.165, 1.54) is 17.4 Å². The molecule has 0 atom stereocenters. The van der Waals surface area contributed by atoms with Crippen molar-refractivity contribution >= 4 is 72.8 Å².